The van der Waals surface area contributed by atoms with Gasteiger partial charge in [0.15, 0.2) is 15.5 Å². The lowest BCUT2D eigenvalue weighted by Crippen LogP contribution is -2.43. The Hall–Kier alpha value is -2.94. The SMILES string of the molecule is CN(C)c1nc2sc(N3CCC[C@@H]3C(=O)NCc3ccccc3)nc2c(=O)n1C. The van der Waals surface area contributed by atoms with E-state index in [0.29, 0.717) is 28.0 Å². The molecule has 0 saturated carbocycles. The van der Waals surface area contributed by atoms with Gasteiger partial charge in [-0.05, 0) is 18.4 Å². The maximum absolute atomic E-state index is 12.8. The number of thiazole rings is 1. The molecule has 0 spiro atoms. The molecule has 29 heavy (non-hydrogen) atoms. The quantitative estimate of drug-likeness (QED) is 0.687. The lowest BCUT2D eigenvalue weighted by atomic mass is 10.2. The lowest BCUT2D eigenvalue weighted by Gasteiger charge is -2.23. The van der Waals surface area contributed by atoms with Gasteiger partial charge in [0.25, 0.3) is 5.56 Å². The predicted molar refractivity (Wildman–Crippen MR) is 116 cm³/mol. The first kappa shape index (κ1) is 19.4. The fourth-order valence-electron chi connectivity index (χ4n) is 3.63. The van der Waals surface area contributed by atoms with E-state index in [1.807, 2.05) is 49.3 Å². The molecule has 1 fully saturated rings. The standard InChI is InChI=1S/C20H24N6O2S/c1-24(2)19-23-17-15(18(28)25(19)3)22-20(29-17)26-11-7-10-14(26)16(27)21-12-13-8-5-4-6-9-13/h4-6,8-9,14H,7,10-12H2,1-3H3,(H,21,27)/t14-/m1/s1. The molecule has 3 aromatic rings. The lowest BCUT2D eigenvalue weighted by molar-refractivity contribution is -0.122. The van der Waals surface area contributed by atoms with Gasteiger partial charge in [0, 0.05) is 34.2 Å². The highest BCUT2D eigenvalue weighted by Crippen LogP contribution is 2.32. The van der Waals surface area contributed by atoms with Crippen molar-refractivity contribution in [2.75, 3.05) is 30.4 Å². The third-order valence-corrected chi connectivity index (χ3v) is 6.10. The summed E-state index contributed by atoms with van der Waals surface area (Å²) in [6, 6.07) is 9.57. The van der Waals surface area contributed by atoms with Gasteiger partial charge in [0.1, 0.15) is 6.04 Å². The van der Waals surface area contributed by atoms with Gasteiger partial charge >= 0.3 is 0 Å². The molecule has 0 unspecified atom stereocenters. The van der Waals surface area contributed by atoms with Gasteiger partial charge in [-0.25, -0.2) is 9.97 Å². The Labute approximate surface area is 172 Å². The van der Waals surface area contributed by atoms with E-state index in [4.69, 9.17) is 0 Å². The van der Waals surface area contributed by atoms with E-state index in [1.165, 1.54) is 15.9 Å². The highest BCUT2D eigenvalue weighted by Gasteiger charge is 2.33. The van der Waals surface area contributed by atoms with Crippen molar-refractivity contribution in [1.29, 1.82) is 0 Å². The first-order valence-corrected chi connectivity index (χ1v) is 10.4. The summed E-state index contributed by atoms with van der Waals surface area (Å²) in [6.45, 7) is 1.24. The molecule has 8 nitrogen and oxygen atoms in total. The fraction of sp³-hybridized carbons (Fsp3) is 0.400. The van der Waals surface area contributed by atoms with Crippen molar-refractivity contribution in [2.24, 2.45) is 7.05 Å². The molecule has 1 amide bonds. The van der Waals surface area contributed by atoms with Crippen LogP contribution in [-0.4, -0.2) is 47.1 Å². The Morgan fingerprint density at radius 3 is 2.76 bits per heavy atom. The Kier molecular flexibility index (Phi) is 5.23. The zero-order chi connectivity index (χ0) is 20.5. The van der Waals surface area contributed by atoms with Crippen LogP contribution >= 0.6 is 11.3 Å². The predicted octanol–water partition coefficient (Wildman–Crippen LogP) is 1.74. The van der Waals surface area contributed by atoms with Gasteiger partial charge in [-0.2, -0.15) is 0 Å². The maximum atomic E-state index is 12.8. The minimum absolute atomic E-state index is 0.0135. The van der Waals surface area contributed by atoms with E-state index >= 15 is 0 Å². The highest BCUT2D eigenvalue weighted by molar-refractivity contribution is 7.21. The summed E-state index contributed by atoms with van der Waals surface area (Å²) < 4.78 is 1.50. The van der Waals surface area contributed by atoms with Gasteiger partial charge in [-0.1, -0.05) is 41.7 Å². The monoisotopic (exact) mass is 412 g/mol. The Morgan fingerprint density at radius 2 is 2.03 bits per heavy atom. The van der Waals surface area contributed by atoms with Crippen LogP contribution < -0.4 is 20.7 Å². The number of nitrogens with one attached hydrogen (secondary N) is 1. The summed E-state index contributed by atoms with van der Waals surface area (Å²) >= 11 is 1.37. The third-order valence-electron chi connectivity index (χ3n) is 5.12. The number of fused-ring (bicyclic) bond motifs is 1. The van der Waals surface area contributed by atoms with Crippen LogP contribution in [0.1, 0.15) is 18.4 Å². The van der Waals surface area contributed by atoms with Crippen molar-refractivity contribution in [3.63, 3.8) is 0 Å². The molecule has 1 aromatic carbocycles. The molecular formula is C20H24N6O2S. The van der Waals surface area contributed by atoms with Crippen molar-refractivity contribution in [3.8, 4) is 0 Å². The Balaban J connectivity index is 1.58. The van der Waals surface area contributed by atoms with E-state index < -0.39 is 0 Å². The largest absolute Gasteiger partial charge is 0.350 e. The molecule has 1 aliphatic heterocycles. The first-order chi connectivity index (χ1) is 14.0. The second-order valence-corrected chi connectivity index (χ2v) is 8.33. The number of hydrogen-bond acceptors (Lipinski definition) is 7. The van der Waals surface area contributed by atoms with Crippen LogP contribution in [0.25, 0.3) is 10.3 Å². The highest BCUT2D eigenvalue weighted by atomic mass is 32.1. The molecule has 1 N–H and O–H groups in total. The smallest absolute Gasteiger partial charge is 0.282 e. The summed E-state index contributed by atoms with van der Waals surface area (Å²) in [5.74, 6) is 0.566. The van der Waals surface area contributed by atoms with E-state index in [2.05, 4.69) is 15.3 Å². The van der Waals surface area contributed by atoms with Crippen LogP contribution in [0.15, 0.2) is 35.1 Å². The van der Waals surface area contributed by atoms with E-state index in [-0.39, 0.29) is 17.5 Å². The molecule has 0 radical (unpaired) electrons. The fourth-order valence-corrected chi connectivity index (χ4v) is 4.63. The second-order valence-electron chi connectivity index (χ2n) is 7.38. The molecule has 3 heterocycles. The van der Waals surface area contributed by atoms with Crippen LogP contribution in [0, 0.1) is 0 Å². The molecule has 152 valence electrons. The number of hydrogen-bond donors (Lipinski definition) is 1. The first-order valence-electron chi connectivity index (χ1n) is 9.59. The average Bonchev–Trinajstić information content (AvgIpc) is 3.36. The van der Waals surface area contributed by atoms with Crippen molar-refractivity contribution >= 4 is 38.7 Å². The van der Waals surface area contributed by atoms with Crippen molar-refractivity contribution in [3.05, 3.63) is 46.2 Å². The van der Waals surface area contributed by atoms with Crippen molar-refractivity contribution < 1.29 is 4.79 Å². The van der Waals surface area contributed by atoms with Gasteiger partial charge in [-0.3, -0.25) is 14.2 Å². The molecular weight excluding hydrogens is 388 g/mol. The van der Waals surface area contributed by atoms with Crippen LogP contribution in [0.4, 0.5) is 11.1 Å². The summed E-state index contributed by atoms with van der Waals surface area (Å²) in [5.41, 5.74) is 1.24. The average molecular weight is 413 g/mol. The number of carbonyl (C=O) groups excluding carboxylic acids is 1. The number of rotatable bonds is 5. The van der Waals surface area contributed by atoms with Crippen LogP contribution in [0.5, 0.6) is 0 Å². The molecule has 9 heteroatoms. The van der Waals surface area contributed by atoms with Gasteiger partial charge in [0.05, 0.1) is 0 Å². The number of benzene rings is 1. The molecule has 1 saturated heterocycles. The second kappa shape index (κ2) is 7.82. The van der Waals surface area contributed by atoms with Crippen LogP contribution in [-0.2, 0) is 18.4 Å². The zero-order valence-corrected chi connectivity index (χ0v) is 17.6. The summed E-state index contributed by atoms with van der Waals surface area (Å²) in [4.78, 5) is 39.1. The Bertz CT molecular complexity index is 1090. The van der Waals surface area contributed by atoms with E-state index in [0.717, 1.165) is 24.9 Å². The number of amides is 1. The zero-order valence-electron chi connectivity index (χ0n) is 16.8. The molecule has 0 bridgehead atoms. The molecule has 0 aliphatic carbocycles. The number of anilines is 2. The van der Waals surface area contributed by atoms with E-state index in [9.17, 15) is 9.59 Å². The van der Waals surface area contributed by atoms with Crippen LogP contribution in [0.2, 0.25) is 0 Å². The van der Waals surface area contributed by atoms with Crippen molar-refractivity contribution in [2.45, 2.75) is 25.4 Å². The van der Waals surface area contributed by atoms with Crippen molar-refractivity contribution in [1.82, 2.24) is 19.9 Å². The van der Waals surface area contributed by atoms with Crippen LogP contribution in [0.3, 0.4) is 0 Å². The summed E-state index contributed by atoms with van der Waals surface area (Å²) in [6.07, 6.45) is 1.68. The minimum atomic E-state index is -0.281. The van der Waals surface area contributed by atoms with Gasteiger partial charge < -0.3 is 15.1 Å². The third kappa shape index (κ3) is 3.69. The number of aromatic nitrogens is 3. The van der Waals surface area contributed by atoms with Gasteiger partial charge in [0.2, 0.25) is 11.9 Å². The minimum Gasteiger partial charge on any atom is -0.350 e. The van der Waals surface area contributed by atoms with E-state index in [1.54, 1.807) is 11.9 Å². The molecule has 1 aliphatic rings. The summed E-state index contributed by atoms with van der Waals surface area (Å²) in [5, 5.41) is 3.71. The number of carbonyl (C=O) groups is 1. The van der Waals surface area contributed by atoms with Gasteiger partial charge in [-0.15, -0.1) is 0 Å². The maximum Gasteiger partial charge on any atom is 0.282 e. The summed E-state index contributed by atoms with van der Waals surface area (Å²) in [7, 11) is 5.39. The Morgan fingerprint density at radius 1 is 1.28 bits per heavy atom. The molecule has 2 aromatic heterocycles. The molecule has 1 atom stereocenters. The number of nitrogens with zero attached hydrogens (tertiary/aromatic N) is 5. The normalized spacial score (nSPS) is 16.4. The molecule has 4 rings (SSSR count). The topological polar surface area (TPSA) is 83.4 Å².